The van der Waals surface area contributed by atoms with E-state index in [1.165, 1.54) is 0 Å². The fourth-order valence-electron chi connectivity index (χ4n) is 3.72. The largest absolute Gasteiger partial charge is 0.463 e. The van der Waals surface area contributed by atoms with Crippen LogP contribution in [0.5, 0.6) is 0 Å². The third kappa shape index (κ3) is 4.28. The zero-order valence-corrected chi connectivity index (χ0v) is 16.5. The molecule has 0 radical (unpaired) electrons. The van der Waals surface area contributed by atoms with Gasteiger partial charge in [-0.25, -0.2) is 4.79 Å². The predicted octanol–water partition coefficient (Wildman–Crippen LogP) is 3.35. The van der Waals surface area contributed by atoms with Crippen LogP contribution < -0.4 is 0 Å². The second kappa shape index (κ2) is 8.17. The minimum Gasteiger partial charge on any atom is -0.463 e. The number of ether oxygens (including phenoxy) is 4. The van der Waals surface area contributed by atoms with Crippen molar-refractivity contribution in [2.45, 2.75) is 57.3 Å². The first-order valence-electron chi connectivity index (χ1n) is 9.31. The number of carbonyl (C=O) groups excluding carboxylic acids is 2. The number of carbonyl (C=O) groups is 2. The summed E-state index contributed by atoms with van der Waals surface area (Å²) in [5, 5.41) is 0.507. The van der Waals surface area contributed by atoms with Gasteiger partial charge in [-0.1, -0.05) is 23.7 Å². The van der Waals surface area contributed by atoms with E-state index < -0.39 is 23.3 Å². The summed E-state index contributed by atoms with van der Waals surface area (Å²) < 4.78 is 22.4. The highest BCUT2D eigenvalue weighted by Crippen LogP contribution is 2.43. The van der Waals surface area contributed by atoms with Crippen LogP contribution >= 0.6 is 11.6 Å². The molecule has 0 atom stereocenters. The monoisotopic (exact) mass is 396 g/mol. The molecule has 1 spiro atoms. The molecule has 0 bridgehead atoms. The van der Waals surface area contributed by atoms with Crippen molar-refractivity contribution in [3.05, 3.63) is 34.3 Å². The molecule has 1 aliphatic heterocycles. The fourth-order valence-corrected chi connectivity index (χ4v) is 4.01. The average molecular weight is 397 g/mol. The first-order valence-corrected chi connectivity index (χ1v) is 9.68. The van der Waals surface area contributed by atoms with Gasteiger partial charge >= 0.3 is 11.9 Å². The first-order chi connectivity index (χ1) is 12.9. The van der Waals surface area contributed by atoms with Gasteiger partial charge in [0.25, 0.3) is 0 Å². The molecule has 2 fully saturated rings. The highest BCUT2D eigenvalue weighted by molar-refractivity contribution is 6.31. The Morgan fingerprint density at radius 2 is 1.81 bits per heavy atom. The third-order valence-corrected chi connectivity index (χ3v) is 5.62. The second-order valence-electron chi connectivity index (χ2n) is 7.01. The summed E-state index contributed by atoms with van der Waals surface area (Å²) in [6.07, 6.45) is 1.57. The van der Waals surface area contributed by atoms with Gasteiger partial charge < -0.3 is 18.9 Å². The van der Waals surface area contributed by atoms with Crippen molar-refractivity contribution < 1.29 is 28.5 Å². The van der Waals surface area contributed by atoms with Crippen molar-refractivity contribution >= 4 is 23.5 Å². The highest BCUT2D eigenvalue weighted by Gasteiger charge is 2.53. The Morgan fingerprint density at radius 1 is 1.15 bits per heavy atom. The molecule has 0 amide bonds. The lowest BCUT2D eigenvalue weighted by molar-refractivity contribution is -0.220. The van der Waals surface area contributed by atoms with Gasteiger partial charge in [0.05, 0.1) is 26.2 Å². The molecule has 1 saturated heterocycles. The van der Waals surface area contributed by atoms with Crippen LogP contribution in [-0.4, -0.2) is 43.1 Å². The Kier molecular flexibility index (Phi) is 6.08. The molecular weight excluding hydrogens is 372 g/mol. The fraction of sp³-hybridized carbons (Fsp3) is 0.600. The van der Waals surface area contributed by atoms with Crippen molar-refractivity contribution in [3.8, 4) is 0 Å². The number of rotatable bonds is 5. The number of esters is 2. The van der Waals surface area contributed by atoms with Crippen molar-refractivity contribution in [1.82, 2.24) is 0 Å². The van der Waals surface area contributed by atoms with Crippen LogP contribution in [0.1, 0.15) is 43.7 Å². The summed E-state index contributed by atoms with van der Waals surface area (Å²) in [4.78, 5) is 25.3. The lowest BCUT2D eigenvalue weighted by Gasteiger charge is -2.41. The maximum Gasteiger partial charge on any atom is 0.350 e. The summed E-state index contributed by atoms with van der Waals surface area (Å²) in [5.74, 6) is -1.67. The Balaban J connectivity index is 1.74. The molecule has 0 aromatic heterocycles. The minimum atomic E-state index is -1.30. The van der Waals surface area contributed by atoms with Crippen LogP contribution in [0.4, 0.5) is 0 Å². The summed E-state index contributed by atoms with van der Waals surface area (Å²) in [6.45, 7) is 4.92. The number of hydrogen-bond acceptors (Lipinski definition) is 6. The summed E-state index contributed by atoms with van der Waals surface area (Å²) in [7, 11) is 0. The van der Waals surface area contributed by atoms with E-state index in [1.807, 2.05) is 19.1 Å². The molecule has 148 valence electrons. The molecule has 0 unspecified atom stereocenters. The Morgan fingerprint density at radius 3 is 2.41 bits per heavy atom. The Labute approximate surface area is 164 Å². The molecule has 1 aliphatic carbocycles. The van der Waals surface area contributed by atoms with Gasteiger partial charge in [-0.05, 0) is 31.0 Å². The summed E-state index contributed by atoms with van der Waals surface area (Å²) in [6, 6.07) is 5.45. The molecule has 7 heteroatoms. The van der Waals surface area contributed by atoms with E-state index >= 15 is 0 Å². The van der Waals surface area contributed by atoms with Gasteiger partial charge in [-0.3, -0.25) is 4.79 Å². The average Bonchev–Trinajstić information content (AvgIpc) is 3.09. The standard InChI is InChI=1S/C20H25ClO6/c1-3-24-18(23)19(7-9-20(10-8-19)25-11-12-26-20)27-17(22)13-15-14(2)5-4-6-16(15)21/h4-6H,3,7-13H2,1-2H3. The van der Waals surface area contributed by atoms with Crippen LogP contribution in [0.3, 0.4) is 0 Å². The van der Waals surface area contributed by atoms with E-state index in [2.05, 4.69) is 0 Å². The van der Waals surface area contributed by atoms with Gasteiger partial charge in [0.1, 0.15) is 0 Å². The first kappa shape index (κ1) is 20.1. The lowest BCUT2D eigenvalue weighted by Crippen LogP contribution is -2.52. The number of hydrogen-bond donors (Lipinski definition) is 0. The zero-order valence-electron chi connectivity index (χ0n) is 15.7. The molecular formula is C20H25ClO6. The smallest absolute Gasteiger partial charge is 0.350 e. The number of halogens is 1. The molecule has 1 aromatic rings. The van der Waals surface area contributed by atoms with Crippen LogP contribution in [-0.2, 0) is 35.0 Å². The molecule has 3 rings (SSSR count). The predicted molar refractivity (Wildman–Crippen MR) is 98.5 cm³/mol. The van der Waals surface area contributed by atoms with Crippen LogP contribution in [0.25, 0.3) is 0 Å². The summed E-state index contributed by atoms with van der Waals surface area (Å²) in [5.41, 5.74) is 0.306. The van der Waals surface area contributed by atoms with E-state index in [9.17, 15) is 9.59 Å². The topological polar surface area (TPSA) is 71.1 Å². The molecule has 0 N–H and O–H groups in total. The number of benzene rings is 1. The van der Waals surface area contributed by atoms with Crippen LogP contribution in [0, 0.1) is 6.92 Å². The highest BCUT2D eigenvalue weighted by atomic mass is 35.5. The van der Waals surface area contributed by atoms with E-state index in [0.717, 1.165) is 5.56 Å². The van der Waals surface area contributed by atoms with Crippen LogP contribution in [0.15, 0.2) is 18.2 Å². The molecule has 1 aromatic carbocycles. The van der Waals surface area contributed by atoms with Crippen molar-refractivity contribution in [2.24, 2.45) is 0 Å². The van der Waals surface area contributed by atoms with Crippen molar-refractivity contribution in [1.29, 1.82) is 0 Å². The number of aryl methyl sites for hydroxylation is 1. The normalized spacial score (nSPS) is 20.4. The summed E-state index contributed by atoms with van der Waals surface area (Å²) >= 11 is 6.21. The Bertz CT molecular complexity index is 680. The maximum atomic E-state index is 12.7. The molecule has 1 saturated carbocycles. The van der Waals surface area contributed by atoms with Gasteiger partial charge in [-0.2, -0.15) is 0 Å². The molecule has 6 nitrogen and oxygen atoms in total. The molecule has 2 aliphatic rings. The van der Waals surface area contributed by atoms with Crippen molar-refractivity contribution in [3.63, 3.8) is 0 Å². The quantitative estimate of drug-likeness (QED) is 0.711. The molecule has 1 heterocycles. The van der Waals surface area contributed by atoms with Crippen LogP contribution in [0.2, 0.25) is 5.02 Å². The third-order valence-electron chi connectivity index (χ3n) is 5.26. The van der Waals surface area contributed by atoms with Gasteiger partial charge in [-0.15, -0.1) is 0 Å². The second-order valence-corrected chi connectivity index (χ2v) is 7.42. The zero-order chi connectivity index (χ0) is 19.5. The van der Waals surface area contributed by atoms with Gasteiger partial charge in [0.15, 0.2) is 5.79 Å². The van der Waals surface area contributed by atoms with E-state index in [-0.39, 0.29) is 13.0 Å². The molecule has 27 heavy (non-hydrogen) atoms. The Hall–Kier alpha value is -1.63. The SMILES string of the molecule is CCOC(=O)C1(OC(=O)Cc2c(C)cccc2Cl)CCC2(CC1)OCCO2. The van der Waals surface area contributed by atoms with Gasteiger partial charge in [0.2, 0.25) is 5.60 Å². The van der Waals surface area contributed by atoms with E-state index in [4.69, 9.17) is 30.5 Å². The lowest BCUT2D eigenvalue weighted by atomic mass is 9.81. The van der Waals surface area contributed by atoms with E-state index in [0.29, 0.717) is 49.5 Å². The minimum absolute atomic E-state index is 0.00477. The van der Waals surface area contributed by atoms with Gasteiger partial charge in [0, 0.05) is 30.7 Å². The van der Waals surface area contributed by atoms with Crippen molar-refractivity contribution in [2.75, 3.05) is 19.8 Å². The maximum absolute atomic E-state index is 12.7. The van der Waals surface area contributed by atoms with E-state index in [1.54, 1.807) is 13.0 Å².